The van der Waals surface area contributed by atoms with Crippen LogP contribution < -0.4 is 0 Å². The Balaban J connectivity index is 1.45. The number of rotatable bonds is 6. The zero-order valence-corrected chi connectivity index (χ0v) is 19.8. The van der Waals surface area contributed by atoms with Gasteiger partial charge in [0, 0.05) is 40.5 Å². The van der Waals surface area contributed by atoms with Crippen LogP contribution in [0.2, 0.25) is 0 Å². The summed E-state index contributed by atoms with van der Waals surface area (Å²) in [5, 5.41) is 13.8. The fourth-order valence-electron chi connectivity index (χ4n) is 4.91. The minimum atomic E-state index is -0.228. The number of carbonyl (C=O) groups excluding carboxylic acids is 1. The molecule has 0 saturated carbocycles. The van der Waals surface area contributed by atoms with Gasteiger partial charge in [0.1, 0.15) is 12.2 Å². The molecule has 0 bridgehead atoms. The van der Waals surface area contributed by atoms with Gasteiger partial charge in [-0.25, -0.2) is 0 Å². The molecule has 4 aromatic rings. The molecule has 0 saturated heterocycles. The third-order valence-corrected chi connectivity index (χ3v) is 6.67. The van der Waals surface area contributed by atoms with Gasteiger partial charge < -0.3 is 9.30 Å². The standard InChI is InChI=1S/C26H31N5O2/c1-5-31-23-15-26(3,4)11-9-19(23)25(29-31)21-14-20(27-28-21)17-7-8-22-18(13-17)10-12-30(22)16-24(32)33-6-2/h7-8,10,12-14H,5-6,9,11,15-16H2,1-4H3,(H,27,28). The maximum Gasteiger partial charge on any atom is 0.325 e. The Morgan fingerprint density at radius 2 is 2.06 bits per heavy atom. The van der Waals surface area contributed by atoms with Crippen molar-refractivity contribution in [2.45, 2.75) is 60.0 Å². The van der Waals surface area contributed by atoms with Crippen LogP contribution >= 0.6 is 0 Å². The van der Waals surface area contributed by atoms with Crippen LogP contribution in [-0.2, 0) is 35.5 Å². The van der Waals surface area contributed by atoms with Gasteiger partial charge in [-0.15, -0.1) is 0 Å². The minimum absolute atomic E-state index is 0.214. The summed E-state index contributed by atoms with van der Waals surface area (Å²) in [7, 11) is 0. The highest BCUT2D eigenvalue weighted by atomic mass is 16.5. The number of esters is 1. The van der Waals surface area contributed by atoms with Crippen molar-refractivity contribution in [2.75, 3.05) is 6.61 Å². The molecule has 7 heteroatoms. The van der Waals surface area contributed by atoms with Gasteiger partial charge in [0.25, 0.3) is 0 Å². The fourth-order valence-corrected chi connectivity index (χ4v) is 4.91. The Morgan fingerprint density at radius 1 is 1.21 bits per heavy atom. The van der Waals surface area contributed by atoms with Crippen molar-refractivity contribution < 1.29 is 9.53 Å². The van der Waals surface area contributed by atoms with E-state index in [2.05, 4.69) is 47.8 Å². The van der Waals surface area contributed by atoms with Crippen LogP contribution in [0.5, 0.6) is 0 Å². The highest BCUT2D eigenvalue weighted by Crippen LogP contribution is 2.39. The Bertz CT molecular complexity index is 1320. The maximum atomic E-state index is 11.9. The van der Waals surface area contributed by atoms with Crippen molar-refractivity contribution in [1.29, 1.82) is 0 Å². The second-order valence-electron chi connectivity index (χ2n) is 9.62. The number of hydrogen-bond acceptors (Lipinski definition) is 4. The third kappa shape index (κ3) is 3.96. The van der Waals surface area contributed by atoms with Gasteiger partial charge in [0.15, 0.2) is 0 Å². The van der Waals surface area contributed by atoms with E-state index < -0.39 is 0 Å². The minimum Gasteiger partial charge on any atom is -0.465 e. The molecule has 1 N–H and O–H groups in total. The van der Waals surface area contributed by atoms with E-state index in [1.807, 2.05) is 35.9 Å². The van der Waals surface area contributed by atoms with Crippen LogP contribution in [-0.4, -0.2) is 37.1 Å². The number of aromatic nitrogens is 5. The average Bonchev–Trinajstić information content (AvgIpc) is 3.50. The Labute approximate surface area is 193 Å². The molecule has 0 amide bonds. The topological polar surface area (TPSA) is 77.7 Å². The van der Waals surface area contributed by atoms with Crippen LogP contribution in [0.15, 0.2) is 36.5 Å². The Hall–Kier alpha value is -3.35. The molecule has 172 valence electrons. The number of carbonyl (C=O) groups is 1. The number of fused-ring (bicyclic) bond motifs is 2. The lowest BCUT2D eigenvalue weighted by atomic mass is 9.76. The molecule has 0 fully saturated rings. The zero-order valence-electron chi connectivity index (χ0n) is 19.8. The summed E-state index contributed by atoms with van der Waals surface area (Å²) in [6.07, 6.45) is 5.20. The van der Waals surface area contributed by atoms with Crippen LogP contribution in [0.4, 0.5) is 0 Å². The molecule has 3 heterocycles. The molecule has 0 spiro atoms. The number of aromatic amines is 1. The smallest absolute Gasteiger partial charge is 0.325 e. The zero-order chi connectivity index (χ0) is 23.2. The molecule has 7 nitrogen and oxygen atoms in total. The van der Waals surface area contributed by atoms with Crippen molar-refractivity contribution in [3.05, 3.63) is 47.8 Å². The van der Waals surface area contributed by atoms with E-state index in [4.69, 9.17) is 9.84 Å². The molecular weight excluding hydrogens is 414 g/mol. The second-order valence-corrected chi connectivity index (χ2v) is 9.62. The van der Waals surface area contributed by atoms with Gasteiger partial charge in [0.2, 0.25) is 0 Å². The summed E-state index contributed by atoms with van der Waals surface area (Å²) >= 11 is 0. The van der Waals surface area contributed by atoms with Crippen LogP contribution in [0.25, 0.3) is 33.5 Å². The predicted molar refractivity (Wildman–Crippen MR) is 129 cm³/mol. The fraction of sp³-hybridized carbons (Fsp3) is 0.423. The third-order valence-electron chi connectivity index (χ3n) is 6.67. The molecule has 0 atom stereocenters. The number of ether oxygens (including phenoxy) is 1. The summed E-state index contributed by atoms with van der Waals surface area (Å²) in [4.78, 5) is 11.9. The van der Waals surface area contributed by atoms with E-state index in [9.17, 15) is 4.79 Å². The second kappa shape index (κ2) is 8.21. The molecule has 33 heavy (non-hydrogen) atoms. The van der Waals surface area contributed by atoms with E-state index in [-0.39, 0.29) is 12.5 Å². The molecule has 1 aliphatic carbocycles. The predicted octanol–water partition coefficient (Wildman–Crippen LogP) is 4.99. The molecule has 5 rings (SSSR count). The first-order chi connectivity index (χ1) is 15.9. The van der Waals surface area contributed by atoms with Crippen LogP contribution in [0.1, 0.15) is 45.4 Å². The summed E-state index contributed by atoms with van der Waals surface area (Å²) in [5.74, 6) is -0.228. The van der Waals surface area contributed by atoms with Crippen molar-refractivity contribution in [1.82, 2.24) is 24.5 Å². The number of nitrogens with one attached hydrogen (secondary N) is 1. The lowest BCUT2D eigenvalue weighted by Gasteiger charge is -2.30. The monoisotopic (exact) mass is 445 g/mol. The van der Waals surface area contributed by atoms with Crippen LogP contribution in [0, 0.1) is 5.41 Å². The van der Waals surface area contributed by atoms with E-state index in [0.717, 1.165) is 52.9 Å². The van der Waals surface area contributed by atoms with E-state index in [0.29, 0.717) is 12.0 Å². The van der Waals surface area contributed by atoms with Gasteiger partial charge >= 0.3 is 5.97 Å². The SMILES string of the molecule is CCOC(=O)Cn1ccc2cc(-c3cc(-c4nn(CC)c5c4CCC(C)(C)C5)[nH]n3)ccc21. The normalized spacial score (nSPS) is 15.0. The largest absolute Gasteiger partial charge is 0.465 e. The summed E-state index contributed by atoms with van der Waals surface area (Å²) in [6.45, 7) is 10.1. The Morgan fingerprint density at radius 3 is 2.85 bits per heavy atom. The summed E-state index contributed by atoms with van der Waals surface area (Å²) in [5.41, 5.74) is 7.96. The lowest BCUT2D eigenvalue weighted by molar-refractivity contribution is -0.143. The maximum absolute atomic E-state index is 11.9. The molecule has 0 aliphatic heterocycles. The van der Waals surface area contributed by atoms with Gasteiger partial charge in [-0.3, -0.25) is 14.6 Å². The van der Waals surface area contributed by atoms with Gasteiger partial charge in [-0.2, -0.15) is 10.2 Å². The quantitative estimate of drug-likeness (QED) is 0.424. The first kappa shape index (κ1) is 21.5. The number of nitrogens with zero attached hydrogens (tertiary/aromatic N) is 4. The van der Waals surface area contributed by atoms with Crippen molar-refractivity contribution in [3.8, 4) is 22.6 Å². The first-order valence-corrected chi connectivity index (χ1v) is 11.8. The van der Waals surface area contributed by atoms with Crippen molar-refractivity contribution in [2.24, 2.45) is 5.41 Å². The molecule has 1 aromatic carbocycles. The summed E-state index contributed by atoms with van der Waals surface area (Å²) < 4.78 is 9.15. The lowest BCUT2D eigenvalue weighted by Crippen LogP contribution is -2.24. The molecular formula is C26H31N5O2. The van der Waals surface area contributed by atoms with E-state index in [1.165, 1.54) is 17.7 Å². The van der Waals surface area contributed by atoms with Crippen LogP contribution in [0.3, 0.4) is 0 Å². The van der Waals surface area contributed by atoms with Crippen molar-refractivity contribution >= 4 is 16.9 Å². The highest BCUT2D eigenvalue weighted by Gasteiger charge is 2.31. The van der Waals surface area contributed by atoms with E-state index >= 15 is 0 Å². The van der Waals surface area contributed by atoms with Crippen molar-refractivity contribution in [3.63, 3.8) is 0 Å². The Kier molecular flexibility index (Phi) is 5.35. The van der Waals surface area contributed by atoms with Gasteiger partial charge in [-0.1, -0.05) is 19.9 Å². The number of aryl methyl sites for hydroxylation is 1. The molecule has 0 unspecified atom stereocenters. The van der Waals surface area contributed by atoms with E-state index in [1.54, 1.807) is 0 Å². The summed E-state index contributed by atoms with van der Waals surface area (Å²) in [6, 6.07) is 10.3. The highest BCUT2D eigenvalue weighted by molar-refractivity contribution is 5.86. The number of hydrogen-bond donors (Lipinski definition) is 1. The van der Waals surface area contributed by atoms with Gasteiger partial charge in [0.05, 0.1) is 18.0 Å². The number of H-pyrrole nitrogens is 1. The molecule has 1 aliphatic rings. The van der Waals surface area contributed by atoms with Gasteiger partial charge in [-0.05, 0) is 62.8 Å². The average molecular weight is 446 g/mol. The number of benzene rings is 1. The molecule has 0 radical (unpaired) electrons. The molecule has 3 aromatic heterocycles. The first-order valence-electron chi connectivity index (χ1n) is 11.8.